The summed E-state index contributed by atoms with van der Waals surface area (Å²) < 4.78 is 27.9. The first-order valence-corrected chi connectivity index (χ1v) is 10.0. The Morgan fingerprint density at radius 3 is 2.45 bits per heavy atom. The van der Waals surface area contributed by atoms with Gasteiger partial charge in [0.2, 0.25) is 5.91 Å². The van der Waals surface area contributed by atoms with Gasteiger partial charge in [-0.15, -0.1) is 12.4 Å². The lowest BCUT2D eigenvalue weighted by molar-refractivity contribution is -0.384. The zero-order valence-electron chi connectivity index (χ0n) is 16.9. The summed E-state index contributed by atoms with van der Waals surface area (Å²) in [4.78, 5) is 31.0. The Hall–Kier alpha value is -2.69. The number of carbonyl (C=O) groups is 1. The third kappa shape index (κ3) is 6.16. The molecule has 1 aromatic heterocycles. The summed E-state index contributed by atoms with van der Waals surface area (Å²) >= 11 is 1.05. The second kappa shape index (κ2) is 10.6. The summed E-state index contributed by atoms with van der Waals surface area (Å²) in [5.74, 6) is -1.75. The van der Waals surface area contributed by atoms with E-state index in [1.54, 1.807) is 0 Å². The maximum absolute atomic E-state index is 14.1. The van der Waals surface area contributed by atoms with Crippen LogP contribution in [0.5, 0.6) is 0 Å². The summed E-state index contributed by atoms with van der Waals surface area (Å²) in [7, 11) is 3.83. The van der Waals surface area contributed by atoms with E-state index in [9.17, 15) is 23.7 Å². The monoisotopic (exact) mass is 470 g/mol. The van der Waals surface area contributed by atoms with Crippen molar-refractivity contribution in [3.05, 3.63) is 63.7 Å². The molecule has 0 saturated heterocycles. The zero-order chi connectivity index (χ0) is 21.8. The van der Waals surface area contributed by atoms with Crippen LogP contribution in [-0.4, -0.2) is 47.9 Å². The number of halogens is 3. The number of hydrogen-bond acceptors (Lipinski definition) is 6. The fourth-order valence-electron chi connectivity index (χ4n) is 2.94. The number of hydrogen-bond donors (Lipinski definition) is 0. The lowest BCUT2D eigenvalue weighted by Crippen LogP contribution is -2.34. The molecule has 0 aliphatic rings. The standard InChI is InChI=1S/C20H20F2N4O3S.ClH/c1-24(2)8-3-9-25(18(27)10-13-4-6-15(7-5-13)26(28)29)20-23-19-16(22)11-14(21)12-17(19)30-20;/h4-7,11-12H,3,8-10H2,1-2H3;1H. The van der Waals surface area contributed by atoms with Crippen molar-refractivity contribution >= 4 is 50.7 Å². The van der Waals surface area contributed by atoms with Gasteiger partial charge in [0, 0.05) is 24.7 Å². The SMILES string of the molecule is CN(C)CCCN(C(=O)Cc1ccc([N+](=O)[O-])cc1)c1nc2c(F)cc(F)cc2s1.Cl. The van der Waals surface area contributed by atoms with Crippen molar-refractivity contribution in [1.82, 2.24) is 9.88 Å². The molecular weight excluding hydrogens is 450 g/mol. The largest absolute Gasteiger partial charge is 0.309 e. The zero-order valence-corrected chi connectivity index (χ0v) is 18.5. The minimum atomic E-state index is -0.774. The molecular formula is C20H21ClF2N4O3S. The van der Waals surface area contributed by atoms with Gasteiger partial charge in [0.05, 0.1) is 16.0 Å². The molecule has 1 amide bonds. The highest BCUT2D eigenvalue weighted by molar-refractivity contribution is 7.22. The van der Waals surface area contributed by atoms with Gasteiger partial charge in [-0.1, -0.05) is 23.5 Å². The minimum absolute atomic E-state index is 0. The van der Waals surface area contributed by atoms with Crippen LogP contribution in [0.1, 0.15) is 12.0 Å². The summed E-state index contributed by atoms with van der Waals surface area (Å²) in [6, 6.07) is 7.70. The summed E-state index contributed by atoms with van der Waals surface area (Å²) in [5, 5.41) is 11.1. The number of amides is 1. The predicted molar refractivity (Wildman–Crippen MR) is 119 cm³/mol. The number of benzene rings is 2. The van der Waals surface area contributed by atoms with E-state index < -0.39 is 16.6 Å². The van der Waals surface area contributed by atoms with Gasteiger partial charge in [-0.25, -0.2) is 13.8 Å². The Morgan fingerprint density at radius 2 is 1.84 bits per heavy atom. The van der Waals surface area contributed by atoms with Crippen molar-refractivity contribution in [1.29, 1.82) is 0 Å². The Balaban J connectivity index is 0.00000341. The van der Waals surface area contributed by atoms with E-state index in [2.05, 4.69) is 4.98 Å². The van der Waals surface area contributed by atoms with E-state index in [1.165, 1.54) is 35.2 Å². The normalized spacial score (nSPS) is 10.9. The highest BCUT2D eigenvalue weighted by atomic mass is 35.5. The van der Waals surface area contributed by atoms with Crippen LogP contribution in [0.25, 0.3) is 10.2 Å². The van der Waals surface area contributed by atoms with Crippen molar-refractivity contribution in [2.45, 2.75) is 12.8 Å². The van der Waals surface area contributed by atoms with Crippen LogP contribution in [0.3, 0.4) is 0 Å². The average molecular weight is 471 g/mol. The Bertz CT molecular complexity index is 1080. The van der Waals surface area contributed by atoms with E-state index >= 15 is 0 Å². The van der Waals surface area contributed by atoms with Gasteiger partial charge in [-0.3, -0.25) is 19.8 Å². The maximum Gasteiger partial charge on any atom is 0.269 e. The summed E-state index contributed by atoms with van der Waals surface area (Å²) in [5.41, 5.74) is 0.580. The number of nitro groups is 1. The van der Waals surface area contributed by atoms with Crippen LogP contribution in [0.15, 0.2) is 36.4 Å². The molecule has 0 fully saturated rings. The molecule has 0 atom stereocenters. The van der Waals surface area contributed by atoms with Crippen LogP contribution in [0, 0.1) is 21.7 Å². The van der Waals surface area contributed by atoms with E-state index in [4.69, 9.17) is 0 Å². The Kier molecular flexibility index (Phi) is 8.37. The van der Waals surface area contributed by atoms with Crippen LogP contribution >= 0.6 is 23.7 Å². The molecule has 1 heterocycles. The van der Waals surface area contributed by atoms with Crippen LogP contribution in [0.2, 0.25) is 0 Å². The van der Waals surface area contributed by atoms with Gasteiger partial charge < -0.3 is 4.90 Å². The maximum atomic E-state index is 14.1. The number of thiazole rings is 1. The number of anilines is 1. The van der Waals surface area contributed by atoms with Gasteiger partial charge >= 0.3 is 0 Å². The molecule has 7 nitrogen and oxygen atoms in total. The van der Waals surface area contributed by atoms with Gasteiger partial charge in [-0.05, 0) is 38.7 Å². The molecule has 0 radical (unpaired) electrons. The van der Waals surface area contributed by atoms with E-state index in [0.29, 0.717) is 28.4 Å². The van der Waals surface area contributed by atoms with Crippen molar-refractivity contribution < 1.29 is 18.5 Å². The molecule has 0 bridgehead atoms. The number of fused-ring (bicyclic) bond motifs is 1. The van der Waals surface area contributed by atoms with Crippen LogP contribution < -0.4 is 4.90 Å². The number of rotatable bonds is 8. The van der Waals surface area contributed by atoms with E-state index in [1.807, 2.05) is 19.0 Å². The van der Waals surface area contributed by atoms with Crippen molar-refractivity contribution in [2.75, 3.05) is 32.1 Å². The van der Waals surface area contributed by atoms with Crippen molar-refractivity contribution in [3.63, 3.8) is 0 Å². The minimum Gasteiger partial charge on any atom is -0.309 e. The first-order chi connectivity index (χ1) is 14.2. The van der Waals surface area contributed by atoms with Crippen molar-refractivity contribution in [3.8, 4) is 0 Å². The number of nitro benzene ring substituents is 1. The Labute approximate surface area is 187 Å². The highest BCUT2D eigenvalue weighted by Crippen LogP contribution is 2.31. The van der Waals surface area contributed by atoms with Gasteiger partial charge in [0.25, 0.3) is 5.69 Å². The third-order valence-corrected chi connectivity index (χ3v) is 5.45. The molecule has 166 valence electrons. The lowest BCUT2D eigenvalue weighted by atomic mass is 10.1. The number of non-ortho nitro benzene ring substituents is 1. The second-order valence-electron chi connectivity index (χ2n) is 7.03. The van der Waals surface area contributed by atoms with Gasteiger partial charge in [0.1, 0.15) is 11.3 Å². The second-order valence-corrected chi connectivity index (χ2v) is 8.04. The van der Waals surface area contributed by atoms with Crippen LogP contribution in [0.4, 0.5) is 19.6 Å². The molecule has 2 aromatic carbocycles. The van der Waals surface area contributed by atoms with Gasteiger partial charge in [-0.2, -0.15) is 0 Å². The smallest absolute Gasteiger partial charge is 0.269 e. The molecule has 31 heavy (non-hydrogen) atoms. The number of carbonyl (C=O) groups excluding carboxylic acids is 1. The quantitative estimate of drug-likeness (QED) is 0.359. The van der Waals surface area contributed by atoms with Crippen molar-refractivity contribution in [2.24, 2.45) is 0 Å². The Morgan fingerprint density at radius 1 is 1.16 bits per heavy atom. The molecule has 3 aromatic rings. The van der Waals surface area contributed by atoms with Crippen LogP contribution in [-0.2, 0) is 11.2 Å². The van der Waals surface area contributed by atoms with Gasteiger partial charge in [0.15, 0.2) is 10.9 Å². The number of aromatic nitrogens is 1. The highest BCUT2D eigenvalue weighted by Gasteiger charge is 2.22. The molecule has 0 N–H and O–H groups in total. The number of nitrogens with zero attached hydrogens (tertiary/aromatic N) is 4. The first-order valence-electron chi connectivity index (χ1n) is 9.18. The molecule has 0 unspecified atom stereocenters. The lowest BCUT2D eigenvalue weighted by Gasteiger charge is -2.21. The summed E-state index contributed by atoms with van der Waals surface area (Å²) in [6.07, 6.45) is 0.665. The molecule has 0 spiro atoms. The topological polar surface area (TPSA) is 79.6 Å². The molecule has 11 heteroatoms. The summed E-state index contributed by atoms with van der Waals surface area (Å²) in [6.45, 7) is 1.09. The molecule has 0 aliphatic heterocycles. The molecule has 0 saturated carbocycles. The first kappa shape index (κ1) is 24.6. The fraction of sp³-hybridized carbons (Fsp3) is 0.300. The average Bonchev–Trinajstić information content (AvgIpc) is 3.09. The third-order valence-electron chi connectivity index (χ3n) is 4.42. The van der Waals surface area contributed by atoms with E-state index in [-0.39, 0.29) is 35.9 Å². The molecule has 0 aliphatic carbocycles. The van der Waals surface area contributed by atoms with E-state index in [0.717, 1.165) is 23.9 Å². The fourth-order valence-corrected chi connectivity index (χ4v) is 3.99. The predicted octanol–water partition coefficient (Wildman–Crippen LogP) is 4.43. The molecule has 3 rings (SSSR count).